The summed E-state index contributed by atoms with van der Waals surface area (Å²) in [6.45, 7) is 12.7. The first-order valence-electron chi connectivity index (χ1n) is 8.12. The minimum Gasteiger partial charge on any atom is -0.107 e. The number of unbranched alkanes of at least 4 members (excludes halogenated alkanes) is 4. The predicted molar refractivity (Wildman–Crippen MR) is 100 cm³/mol. The zero-order chi connectivity index (χ0) is 14.8. The lowest BCUT2D eigenvalue weighted by atomic mass is 10.00. The van der Waals surface area contributed by atoms with Gasteiger partial charge in [0.15, 0.2) is 0 Å². The Morgan fingerprint density at radius 2 is 1.28 bits per heavy atom. The van der Waals surface area contributed by atoms with E-state index in [0.29, 0.717) is 0 Å². The van der Waals surface area contributed by atoms with Crippen molar-refractivity contribution in [1.29, 1.82) is 0 Å². The number of rotatable bonds is 7. The maximum absolute atomic E-state index is 6.58. The molecule has 0 aliphatic rings. The third kappa shape index (κ3) is 54.2. The lowest BCUT2D eigenvalue weighted by molar-refractivity contribution is 0.534. The van der Waals surface area contributed by atoms with Crippen LogP contribution in [0.25, 0.3) is 0 Å². The molecule has 18 heavy (non-hydrogen) atoms. The second-order valence-corrected chi connectivity index (χ2v) is 4.96. The van der Waals surface area contributed by atoms with Crippen molar-refractivity contribution < 1.29 is 1.37 Å². The lowest BCUT2D eigenvalue weighted by Gasteiger charge is -2.00. The maximum Gasteiger partial charge on any atom is 0.0653 e. The van der Waals surface area contributed by atoms with Crippen molar-refractivity contribution in [2.24, 2.45) is 5.92 Å². The second-order valence-electron chi connectivity index (χ2n) is 4.96. The topological polar surface area (TPSA) is 0 Å². The summed E-state index contributed by atoms with van der Waals surface area (Å²) in [5.41, 5.74) is 0. The highest BCUT2D eigenvalue weighted by Gasteiger charge is 1.90. The van der Waals surface area contributed by atoms with Crippen LogP contribution in [0.15, 0.2) is 0 Å². The molecular weight excluding hydrogens is 330 g/mol. The van der Waals surface area contributed by atoms with Crippen molar-refractivity contribution in [2.75, 3.05) is 0 Å². The number of hydrogen-bond donors (Lipinski definition) is 0. The van der Waals surface area contributed by atoms with Crippen LogP contribution < -0.4 is 0 Å². The van der Waals surface area contributed by atoms with Crippen LogP contribution in [-0.2, 0) is 0 Å². The summed E-state index contributed by atoms with van der Waals surface area (Å²) in [7, 11) is 5.21. The van der Waals surface area contributed by atoms with Crippen LogP contribution in [0.5, 0.6) is 0 Å². The molecule has 0 aromatic heterocycles. The molecule has 0 spiro atoms. The fraction of sp³-hybridized carbons (Fsp3) is 1.00. The van der Waals surface area contributed by atoms with Gasteiger partial charge in [0, 0.05) is 1.37 Å². The molecule has 0 nitrogen and oxygen atoms in total. The Morgan fingerprint density at radius 1 is 0.889 bits per heavy atom. The Labute approximate surface area is 138 Å². The molecule has 0 fully saturated rings. The van der Waals surface area contributed by atoms with Gasteiger partial charge in [0.05, 0.1) is 7.85 Å². The van der Waals surface area contributed by atoms with Gasteiger partial charge in [-0.3, -0.25) is 0 Å². The van der Waals surface area contributed by atoms with Crippen molar-refractivity contribution in [1.82, 2.24) is 0 Å². The van der Waals surface area contributed by atoms with Crippen molar-refractivity contribution in [3.8, 4) is 0 Å². The van der Waals surface area contributed by atoms with Crippen molar-refractivity contribution in [3.63, 3.8) is 0 Å². The molecule has 0 saturated heterocycles. The Balaban J connectivity index is -0.0000000916. The molecule has 2 heteroatoms. The lowest BCUT2D eigenvalue weighted by Crippen LogP contribution is -1.85. The van der Waals surface area contributed by atoms with Gasteiger partial charge in [0.2, 0.25) is 0 Å². The molecule has 0 unspecified atom stereocenters. The number of halogens is 1. The van der Waals surface area contributed by atoms with E-state index in [4.69, 9.17) is 9.22 Å². The van der Waals surface area contributed by atoms with Gasteiger partial charge < -0.3 is 0 Å². The molecule has 0 amide bonds. The molecule has 0 aromatic carbocycles. The van der Waals surface area contributed by atoms with Crippen LogP contribution in [0.3, 0.4) is 0 Å². The summed E-state index contributed by atoms with van der Waals surface area (Å²) >= 11 is 0. The average molecular weight is 369 g/mol. The van der Waals surface area contributed by atoms with E-state index >= 15 is 0 Å². The first-order valence-corrected chi connectivity index (χ1v) is 7.54. The van der Waals surface area contributed by atoms with Gasteiger partial charge in [-0.15, -0.1) is 24.0 Å². The Bertz CT molecular complexity index is 113. The predicted octanol–water partition coefficient (Wildman–Crippen LogP) is 7.02. The van der Waals surface area contributed by atoms with E-state index < -0.39 is 0 Å². The summed E-state index contributed by atoms with van der Waals surface area (Å²) < 4.78 is 6.58. The molecule has 112 valence electrons. The first kappa shape index (κ1) is 23.9. The standard InChI is InChI=1S/C8H18.C5H11B.C3H8.HI/c1-4-5-6-7-8(2)3;1-2-3-4-5-6;1-3-2;/h8H,4-7H2,1-3H3;2-5H2,1H3;3H2,1-2H3;1H/i;;3D;. The number of hydrogen-bond acceptors (Lipinski definition) is 0. The molecule has 0 rings (SSSR count). The highest BCUT2D eigenvalue weighted by atomic mass is 127. The summed E-state index contributed by atoms with van der Waals surface area (Å²) in [4.78, 5) is 0. The van der Waals surface area contributed by atoms with Crippen LogP contribution in [0.4, 0.5) is 0 Å². The van der Waals surface area contributed by atoms with Gasteiger partial charge in [0.1, 0.15) is 0 Å². The van der Waals surface area contributed by atoms with Gasteiger partial charge in [-0.2, -0.15) is 0 Å². The molecule has 0 heterocycles. The molecule has 0 aliphatic carbocycles. The molecule has 0 saturated carbocycles. The van der Waals surface area contributed by atoms with E-state index in [0.717, 1.165) is 12.2 Å². The summed E-state index contributed by atoms with van der Waals surface area (Å²) in [6, 6.07) is 0. The molecule has 0 aromatic rings. The zero-order valence-corrected chi connectivity index (χ0v) is 16.1. The highest BCUT2D eigenvalue weighted by Crippen LogP contribution is 2.06. The molecule has 0 aliphatic heterocycles. The largest absolute Gasteiger partial charge is 0.107 e. The molecule has 2 radical (unpaired) electrons. The van der Waals surface area contributed by atoms with Crippen LogP contribution >= 0.6 is 24.0 Å². The quantitative estimate of drug-likeness (QED) is 0.257. The minimum absolute atomic E-state index is 0. The fourth-order valence-electron chi connectivity index (χ4n) is 1.20. The van der Waals surface area contributed by atoms with Crippen molar-refractivity contribution in [3.05, 3.63) is 0 Å². The molecule has 0 atom stereocenters. The summed E-state index contributed by atoms with van der Waals surface area (Å²) in [5.74, 6) is 0.904. The van der Waals surface area contributed by atoms with Gasteiger partial charge >= 0.3 is 0 Å². The van der Waals surface area contributed by atoms with E-state index in [9.17, 15) is 0 Å². The highest BCUT2D eigenvalue weighted by molar-refractivity contribution is 14.0. The van der Waals surface area contributed by atoms with Crippen LogP contribution in [0.1, 0.15) is 94.3 Å². The normalized spacial score (nSPS) is 9.67. The van der Waals surface area contributed by atoms with E-state index in [1.165, 1.54) is 44.9 Å². The third-order valence-corrected chi connectivity index (χ3v) is 2.19. The van der Waals surface area contributed by atoms with E-state index in [1.54, 1.807) is 0 Å². The SMILES string of the molecule is CCCCCC(C)C.I.[2H]C(C)C.[B]CCCCC. The summed E-state index contributed by atoms with van der Waals surface area (Å²) in [6.07, 6.45) is 10.3. The zero-order valence-electron chi connectivity index (χ0n) is 14.8. The van der Waals surface area contributed by atoms with Crippen molar-refractivity contribution in [2.45, 2.75) is 99.2 Å². The monoisotopic (exact) mass is 369 g/mol. The van der Waals surface area contributed by atoms with Crippen LogP contribution in [-0.4, -0.2) is 7.85 Å². The molecular formula is C16H38BI. The minimum atomic E-state index is 0. The second kappa shape index (κ2) is 30.7. The van der Waals surface area contributed by atoms with Gasteiger partial charge in [0.25, 0.3) is 0 Å². The average Bonchev–Trinajstić information content (AvgIpc) is 2.26. The summed E-state index contributed by atoms with van der Waals surface area (Å²) in [5, 5.41) is 0. The molecule has 0 N–H and O–H groups in total. The van der Waals surface area contributed by atoms with E-state index in [2.05, 4.69) is 27.7 Å². The van der Waals surface area contributed by atoms with Gasteiger partial charge in [-0.1, -0.05) is 99.2 Å². The van der Waals surface area contributed by atoms with Crippen molar-refractivity contribution >= 4 is 31.8 Å². The first-order chi connectivity index (χ1) is 8.42. The fourth-order valence-corrected chi connectivity index (χ4v) is 1.20. The Hall–Kier alpha value is 0.795. The van der Waals surface area contributed by atoms with Gasteiger partial charge in [-0.25, -0.2) is 0 Å². The third-order valence-electron chi connectivity index (χ3n) is 2.19. The maximum atomic E-state index is 6.58. The van der Waals surface area contributed by atoms with Crippen LogP contribution in [0.2, 0.25) is 6.32 Å². The Kier molecular flexibility index (Phi) is 40.6. The van der Waals surface area contributed by atoms with Gasteiger partial charge in [-0.05, 0) is 5.92 Å². The Morgan fingerprint density at radius 3 is 1.50 bits per heavy atom. The molecule has 0 bridgehead atoms. The van der Waals surface area contributed by atoms with E-state index in [1.807, 2.05) is 13.8 Å². The van der Waals surface area contributed by atoms with Crippen LogP contribution in [0, 0.1) is 5.92 Å². The van der Waals surface area contributed by atoms with E-state index in [-0.39, 0.29) is 30.4 Å². The smallest absolute Gasteiger partial charge is 0.0653 e.